The molecule has 0 fully saturated rings. The zero-order valence-electron chi connectivity index (χ0n) is 11.0. The topological polar surface area (TPSA) is 68.3 Å². The minimum Gasteiger partial charge on any atom is -0.406 e. The average Bonchev–Trinajstić information content (AvgIpc) is 2.76. The molecule has 1 aromatic carbocycles. The predicted octanol–water partition coefficient (Wildman–Crippen LogP) is 2.03. The first-order chi connectivity index (χ1) is 9.65. The Morgan fingerprint density at radius 3 is 2.80 bits per heavy atom. The molecular formula is C15H14N2O3. The maximum atomic E-state index is 11.8. The van der Waals surface area contributed by atoms with E-state index in [1.807, 2.05) is 31.2 Å². The first kappa shape index (κ1) is 12.6. The van der Waals surface area contributed by atoms with Crippen LogP contribution in [0.2, 0.25) is 0 Å². The minimum atomic E-state index is -0.781. The third kappa shape index (κ3) is 2.23. The summed E-state index contributed by atoms with van der Waals surface area (Å²) in [5, 5.41) is 10.2. The molecule has 1 N–H and O–H groups in total. The zero-order chi connectivity index (χ0) is 14.1. The summed E-state index contributed by atoms with van der Waals surface area (Å²) >= 11 is 0. The Morgan fingerprint density at radius 2 is 2.05 bits per heavy atom. The molecule has 0 bridgehead atoms. The fraction of sp³-hybridized carbons (Fsp3) is 0.200. The number of hydrogen-bond donors (Lipinski definition) is 1. The number of hydrogen-bond acceptors (Lipinski definition) is 4. The van der Waals surface area contributed by atoms with Crippen LogP contribution >= 0.6 is 0 Å². The van der Waals surface area contributed by atoms with Gasteiger partial charge in [0, 0.05) is 6.20 Å². The second-order valence-corrected chi connectivity index (χ2v) is 4.73. The average molecular weight is 270 g/mol. The summed E-state index contributed by atoms with van der Waals surface area (Å²) in [6.07, 6.45) is 0.808. The molecule has 3 aromatic rings. The highest BCUT2D eigenvalue weighted by molar-refractivity contribution is 5.67. The third-order valence-corrected chi connectivity index (χ3v) is 3.24. The molecule has 0 aliphatic rings. The van der Waals surface area contributed by atoms with E-state index in [1.54, 1.807) is 18.3 Å². The van der Waals surface area contributed by atoms with Crippen molar-refractivity contribution in [1.29, 1.82) is 0 Å². The van der Waals surface area contributed by atoms with Gasteiger partial charge in [0.15, 0.2) is 11.2 Å². The Bertz CT molecular complexity index is 787. The second kappa shape index (κ2) is 4.94. The number of aromatic nitrogens is 2. The zero-order valence-corrected chi connectivity index (χ0v) is 11.0. The van der Waals surface area contributed by atoms with Crippen LogP contribution in [0.4, 0.5) is 0 Å². The van der Waals surface area contributed by atoms with Gasteiger partial charge in [-0.25, -0.2) is 9.78 Å². The van der Waals surface area contributed by atoms with Gasteiger partial charge in [-0.15, -0.1) is 0 Å². The second-order valence-electron chi connectivity index (χ2n) is 4.73. The van der Waals surface area contributed by atoms with Crippen molar-refractivity contribution in [2.75, 3.05) is 0 Å². The van der Waals surface area contributed by atoms with E-state index in [0.29, 0.717) is 11.2 Å². The summed E-state index contributed by atoms with van der Waals surface area (Å²) in [5.41, 5.74) is 2.75. The van der Waals surface area contributed by atoms with Crippen LogP contribution in [0.5, 0.6) is 0 Å². The molecule has 0 spiro atoms. The molecule has 3 rings (SSSR count). The van der Waals surface area contributed by atoms with Gasteiger partial charge in [0.25, 0.3) is 0 Å². The number of benzene rings is 1. The highest BCUT2D eigenvalue weighted by Crippen LogP contribution is 2.17. The van der Waals surface area contributed by atoms with Crippen LogP contribution in [0.25, 0.3) is 11.2 Å². The van der Waals surface area contributed by atoms with Crippen LogP contribution in [-0.2, 0) is 6.54 Å². The number of aliphatic hydroxyl groups is 1. The fourth-order valence-electron chi connectivity index (χ4n) is 2.13. The van der Waals surface area contributed by atoms with Gasteiger partial charge >= 0.3 is 5.76 Å². The summed E-state index contributed by atoms with van der Waals surface area (Å²) in [6, 6.07) is 10.9. The SMILES string of the molecule is Cc1ccc(C(O)Cn2c(=O)oc3cccnc32)cc1. The lowest BCUT2D eigenvalue weighted by atomic mass is 10.1. The van der Waals surface area contributed by atoms with Crippen molar-refractivity contribution in [2.24, 2.45) is 0 Å². The van der Waals surface area contributed by atoms with Gasteiger partial charge < -0.3 is 9.52 Å². The van der Waals surface area contributed by atoms with Crippen molar-refractivity contribution in [3.05, 3.63) is 64.3 Å². The molecule has 0 amide bonds. The van der Waals surface area contributed by atoms with Gasteiger partial charge in [0.05, 0.1) is 12.6 Å². The third-order valence-electron chi connectivity index (χ3n) is 3.24. The van der Waals surface area contributed by atoms with E-state index in [2.05, 4.69) is 4.98 Å². The lowest BCUT2D eigenvalue weighted by molar-refractivity contribution is 0.154. The molecule has 102 valence electrons. The molecule has 1 atom stereocenters. The lowest BCUT2D eigenvalue weighted by Gasteiger charge is -2.11. The Balaban J connectivity index is 1.95. The van der Waals surface area contributed by atoms with Crippen LogP contribution in [0.3, 0.4) is 0 Å². The molecule has 20 heavy (non-hydrogen) atoms. The number of aryl methyl sites for hydroxylation is 1. The number of fused-ring (bicyclic) bond motifs is 1. The molecule has 0 saturated heterocycles. The summed E-state index contributed by atoms with van der Waals surface area (Å²) < 4.78 is 6.44. The van der Waals surface area contributed by atoms with Crippen molar-refractivity contribution in [2.45, 2.75) is 19.6 Å². The van der Waals surface area contributed by atoms with Crippen LogP contribution < -0.4 is 5.76 Å². The number of nitrogens with zero attached hydrogens (tertiary/aromatic N) is 2. The summed E-state index contributed by atoms with van der Waals surface area (Å²) in [7, 11) is 0. The van der Waals surface area contributed by atoms with E-state index < -0.39 is 11.9 Å². The Labute approximate surface area is 115 Å². The number of oxazole rings is 1. The maximum Gasteiger partial charge on any atom is 0.421 e. The van der Waals surface area contributed by atoms with E-state index >= 15 is 0 Å². The van der Waals surface area contributed by atoms with E-state index in [0.717, 1.165) is 11.1 Å². The van der Waals surface area contributed by atoms with Crippen molar-refractivity contribution in [1.82, 2.24) is 9.55 Å². The van der Waals surface area contributed by atoms with Crippen molar-refractivity contribution in [3.63, 3.8) is 0 Å². The molecule has 0 radical (unpaired) electrons. The minimum absolute atomic E-state index is 0.117. The molecule has 0 aliphatic carbocycles. The molecule has 0 saturated carbocycles. The van der Waals surface area contributed by atoms with Gasteiger partial charge in [-0.2, -0.15) is 0 Å². The summed E-state index contributed by atoms with van der Waals surface area (Å²) in [4.78, 5) is 15.9. The Kier molecular flexibility index (Phi) is 3.12. The van der Waals surface area contributed by atoms with Crippen LogP contribution in [0, 0.1) is 6.92 Å². The van der Waals surface area contributed by atoms with Crippen LogP contribution in [-0.4, -0.2) is 14.7 Å². The van der Waals surface area contributed by atoms with Crippen molar-refractivity contribution < 1.29 is 9.52 Å². The Hall–Kier alpha value is -2.40. The molecule has 1 unspecified atom stereocenters. The largest absolute Gasteiger partial charge is 0.421 e. The van der Waals surface area contributed by atoms with Gasteiger partial charge in [-0.05, 0) is 24.6 Å². The smallest absolute Gasteiger partial charge is 0.406 e. The van der Waals surface area contributed by atoms with Crippen molar-refractivity contribution >= 4 is 11.2 Å². The Morgan fingerprint density at radius 1 is 1.30 bits per heavy atom. The molecule has 5 heteroatoms. The van der Waals surface area contributed by atoms with E-state index in [4.69, 9.17) is 4.42 Å². The molecule has 0 aliphatic heterocycles. The van der Waals surface area contributed by atoms with Gasteiger partial charge in [-0.3, -0.25) is 4.57 Å². The molecular weight excluding hydrogens is 256 g/mol. The summed E-state index contributed by atoms with van der Waals surface area (Å²) in [5.74, 6) is -0.509. The summed E-state index contributed by atoms with van der Waals surface area (Å²) in [6.45, 7) is 2.10. The van der Waals surface area contributed by atoms with Crippen LogP contribution in [0.15, 0.2) is 51.8 Å². The standard InChI is InChI=1S/C15H14N2O3/c1-10-4-6-11(7-5-10)12(18)9-17-14-13(20-15(17)19)3-2-8-16-14/h2-8,12,18H,9H2,1H3. The quantitative estimate of drug-likeness (QED) is 0.790. The lowest BCUT2D eigenvalue weighted by Crippen LogP contribution is -2.19. The first-order valence-corrected chi connectivity index (χ1v) is 6.34. The monoisotopic (exact) mass is 270 g/mol. The van der Waals surface area contributed by atoms with Gasteiger partial charge in [0.2, 0.25) is 0 Å². The number of aliphatic hydroxyl groups excluding tert-OH is 1. The van der Waals surface area contributed by atoms with E-state index in [1.165, 1.54) is 4.57 Å². The van der Waals surface area contributed by atoms with E-state index in [9.17, 15) is 9.90 Å². The highest BCUT2D eigenvalue weighted by Gasteiger charge is 2.15. The van der Waals surface area contributed by atoms with Crippen LogP contribution in [0.1, 0.15) is 17.2 Å². The van der Waals surface area contributed by atoms with Crippen molar-refractivity contribution in [3.8, 4) is 0 Å². The number of pyridine rings is 1. The van der Waals surface area contributed by atoms with Gasteiger partial charge in [0.1, 0.15) is 0 Å². The normalized spacial score (nSPS) is 12.7. The first-order valence-electron chi connectivity index (χ1n) is 6.34. The number of rotatable bonds is 3. The predicted molar refractivity (Wildman–Crippen MR) is 74.4 cm³/mol. The molecule has 5 nitrogen and oxygen atoms in total. The van der Waals surface area contributed by atoms with Gasteiger partial charge in [-0.1, -0.05) is 29.8 Å². The maximum absolute atomic E-state index is 11.8. The highest BCUT2D eigenvalue weighted by atomic mass is 16.4. The molecule has 2 aromatic heterocycles. The van der Waals surface area contributed by atoms with E-state index in [-0.39, 0.29) is 6.54 Å². The molecule has 2 heterocycles. The fourth-order valence-corrected chi connectivity index (χ4v) is 2.13.